The molecule has 5 nitrogen and oxygen atoms in total. The van der Waals surface area contributed by atoms with Gasteiger partial charge in [0.15, 0.2) is 6.61 Å². The van der Waals surface area contributed by atoms with Crippen molar-refractivity contribution >= 4 is 17.3 Å². The van der Waals surface area contributed by atoms with Gasteiger partial charge in [0.25, 0.3) is 5.91 Å². The number of anilines is 2. The number of carbonyl (C=O) groups excluding carboxylic acids is 1. The maximum absolute atomic E-state index is 12.8. The first-order valence-electron chi connectivity index (χ1n) is 7.19. The predicted octanol–water partition coefficient (Wildman–Crippen LogP) is 2.27. The van der Waals surface area contributed by atoms with Crippen LogP contribution in [0.3, 0.4) is 0 Å². The highest BCUT2D eigenvalue weighted by Gasteiger charge is 2.05. The zero-order valence-electron chi connectivity index (χ0n) is 12.8. The number of rotatable bonds is 7. The SMILES string of the molecule is CN(CCO)c1ccc(NC(=O)COc2ccc(F)cc2)cc1. The van der Waals surface area contributed by atoms with E-state index in [1.165, 1.54) is 24.3 Å². The third-order valence-electron chi connectivity index (χ3n) is 3.21. The van der Waals surface area contributed by atoms with Gasteiger partial charge in [-0.3, -0.25) is 4.79 Å². The van der Waals surface area contributed by atoms with Gasteiger partial charge in [0.05, 0.1) is 6.61 Å². The molecular formula is C17H19FN2O3. The Balaban J connectivity index is 1.84. The third-order valence-corrected chi connectivity index (χ3v) is 3.21. The van der Waals surface area contributed by atoms with E-state index in [0.717, 1.165) is 5.69 Å². The lowest BCUT2D eigenvalue weighted by molar-refractivity contribution is -0.118. The van der Waals surface area contributed by atoms with Gasteiger partial charge in [-0.2, -0.15) is 0 Å². The summed E-state index contributed by atoms with van der Waals surface area (Å²) in [6.07, 6.45) is 0. The maximum Gasteiger partial charge on any atom is 0.262 e. The number of likely N-dealkylation sites (N-methyl/N-ethyl adjacent to an activating group) is 1. The molecule has 0 aromatic heterocycles. The van der Waals surface area contributed by atoms with Gasteiger partial charge in [-0.15, -0.1) is 0 Å². The van der Waals surface area contributed by atoms with E-state index in [1.54, 1.807) is 12.1 Å². The standard InChI is InChI=1S/C17H19FN2O3/c1-20(10-11-21)15-6-4-14(5-7-15)19-17(22)12-23-16-8-2-13(18)3-9-16/h2-9,21H,10-12H2,1H3,(H,19,22). The summed E-state index contributed by atoms with van der Waals surface area (Å²) < 4.78 is 18.0. The molecule has 2 aromatic carbocycles. The first kappa shape index (κ1) is 16.8. The van der Waals surface area contributed by atoms with E-state index >= 15 is 0 Å². The molecule has 2 rings (SSSR count). The molecule has 0 radical (unpaired) electrons. The lowest BCUT2D eigenvalue weighted by Gasteiger charge is -2.18. The van der Waals surface area contributed by atoms with Gasteiger partial charge in [-0.1, -0.05) is 0 Å². The Labute approximate surface area is 134 Å². The third kappa shape index (κ3) is 5.27. The number of aliphatic hydroxyl groups excluding tert-OH is 1. The lowest BCUT2D eigenvalue weighted by atomic mass is 10.2. The first-order chi connectivity index (χ1) is 11.1. The summed E-state index contributed by atoms with van der Waals surface area (Å²) in [7, 11) is 1.88. The van der Waals surface area contributed by atoms with Crippen molar-refractivity contribution in [2.75, 3.05) is 37.0 Å². The number of hydrogen-bond donors (Lipinski definition) is 2. The van der Waals surface area contributed by atoms with E-state index in [0.29, 0.717) is 18.0 Å². The van der Waals surface area contributed by atoms with Crippen molar-refractivity contribution < 1.29 is 19.0 Å². The van der Waals surface area contributed by atoms with Crippen molar-refractivity contribution in [1.82, 2.24) is 0 Å². The number of ether oxygens (including phenoxy) is 1. The van der Waals surface area contributed by atoms with Crippen molar-refractivity contribution in [2.24, 2.45) is 0 Å². The Morgan fingerprint density at radius 1 is 1.17 bits per heavy atom. The fraction of sp³-hybridized carbons (Fsp3) is 0.235. The highest BCUT2D eigenvalue weighted by atomic mass is 19.1. The van der Waals surface area contributed by atoms with E-state index in [9.17, 15) is 9.18 Å². The van der Waals surface area contributed by atoms with Crippen LogP contribution in [0.2, 0.25) is 0 Å². The van der Waals surface area contributed by atoms with E-state index in [1.807, 2.05) is 24.1 Å². The van der Waals surface area contributed by atoms with Gasteiger partial charge in [-0.25, -0.2) is 4.39 Å². The van der Waals surface area contributed by atoms with Crippen LogP contribution in [0.4, 0.5) is 15.8 Å². The van der Waals surface area contributed by atoms with Gasteiger partial charge in [0.1, 0.15) is 11.6 Å². The van der Waals surface area contributed by atoms with Crippen LogP contribution in [-0.4, -0.2) is 37.8 Å². The number of amides is 1. The molecule has 0 spiro atoms. The van der Waals surface area contributed by atoms with Crippen LogP contribution < -0.4 is 15.0 Å². The van der Waals surface area contributed by atoms with Crippen molar-refractivity contribution in [3.05, 3.63) is 54.3 Å². The molecule has 0 unspecified atom stereocenters. The Morgan fingerprint density at radius 2 is 1.83 bits per heavy atom. The number of halogens is 1. The molecule has 23 heavy (non-hydrogen) atoms. The molecule has 0 aliphatic rings. The average Bonchev–Trinajstić information content (AvgIpc) is 2.55. The fourth-order valence-corrected chi connectivity index (χ4v) is 1.96. The first-order valence-corrected chi connectivity index (χ1v) is 7.19. The molecule has 0 saturated carbocycles. The van der Waals surface area contributed by atoms with E-state index in [2.05, 4.69) is 5.32 Å². The van der Waals surface area contributed by atoms with Crippen molar-refractivity contribution in [3.8, 4) is 5.75 Å². The van der Waals surface area contributed by atoms with E-state index < -0.39 is 0 Å². The normalized spacial score (nSPS) is 10.2. The highest BCUT2D eigenvalue weighted by Crippen LogP contribution is 2.17. The van der Waals surface area contributed by atoms with Gasteiger partial charge < -0.3 is 20.1 Å². The molecule has 0 aliphatic carbocycles. The van der Waals surface area contributed by atoms with Crippen molar-refractivity contribution in [1.29, 1.82) is 0 Å². The molecule has 2 aromatic rings. The number of benzene rings is 2. The predicted molar refractivity (Wildman–Crippen MR) is 87.3 cm³/mol. The van der Waals surface area contributed by atoms with Crippen molar-refractivity contribution in [3.63, 3.8) is 0 Å². The largest absolute Gasteiger partial charge is 0.484 e. The quantitative estimate of drug-likeness (QED) is 0.822. The van der Waals surface area contributed by atoms with E-state index in [4.69, 9.17) is 9.84 Å². The minimum Gasteiger partial charge on any atom is -0.484 e. The zero-order valence-corrected chi connectivity index (χ0v) is 12.8. The monoisotopic (exact) mass is 318 g/mol. The van der Waals surface area contributed by atoms with Crippen LogP contribution in [0.5, 0.6) is 5.75 Å². The second kappa shape index (κ2) is 8.14. The Hall–Kier alpha value is -2.60. The molecule has 0 atom stereocenters. The summed E-state index contributed by atoms with van der Waals surface area (Å²) in [5, 5.41) is 11.6. The number of aliphatic hydroxyl groups is 1. The molecule has 0 heterocycles. The number of hydrogen-bond acceptors (Lipinski definition) is 4. The average molecular weight is 318 g/mol. The number of carbonyl (C=O) groups is 1. The van der Waals surface area contributed by atoms with Gasteiger partial charge in [0, 0.05) is 25.0 Å². The van der Waals surface area contributed by atoms with Crippen LogP contribution >= 0.6 is 0 Å². The van der Waals surface area contributed by atoms with Crippen LogP contribution in [-0.2, 0) is 4.79 Å². The molecule has 1 amide bonds. The van der Waals surface area contributed by atoms with Crippen molar-refractivity contribution in [2.45, 2.75) is 0 Å². The molecule has 0 fully saturated rings. The maximum atomic E-state index is 12.8. The summed E-state index contributed by atoms with van der Waals surface area (Å²) in [4.78, 5) is 13.7. The molecule has 2 N–H and O–H groups in total. The summed E-state index contributed by atoms with van der Waals surface area (Å²) >= 11 is 0. The van der Waals surface area contributed by atoms with Crippen LogP contribution in [0.25, 0.3) is 0 Å². The Bertz CT molecular complexity index is 629. The fourth-order valence-electron chi connectivity index (χ4n) is 1.96. The summed E-state index contributed by atoms with van der Waals surface area (Å²) in [5.74, 6) is -0.221. The van der Waals surface area contributed by atoms with E-state index in [-0.39, 0.29) is 24.9 Å². The van der Waals surface area contributed by atoms with Crippen LogP contribution in [0, 0.1) is 5.82 Å². The van der Waals surface area contributed by atoms with Gasteiger partial charge >= 0.3 is 0 Å². The minimum absolute atomic E-state index is 0.0791. The molecule has 122 valence electrons. The molecule has 0 aliphatic heterocycles. The molecule has 6 heteroatoms. The van der Waals surface area contributed by atoms with Gasteiger partial charge in [0.2, 0.25) is 0 Å². The molecule has 0 saturated heterocycles. The van der Waals surface area contributed by atoms with Crippen LogP contribution in [0.1, 0.15) is 0 Å². The Kier molecular flexibility index (Phi) is 5.94. The topological polar surface area (TPSA) is 61.8 Å². The second-order valence-electron chi connectivity index (χ2n) is 4.98. The Morgan fingerprint density at radius 3 is 2.43 bits per heavy atom. The summed E-state index contributed by atoms with van der Waals surface area (Å²) in [6, 6.07) is 12.7. The second-order valence-corrected chi connectivity index (χ2v) is 4.98. The number of nitrogens with one attached hydrogen (secondary N) is 1. The molecular weight excluding hydrogens is 299 g/mol. The van der Waals surface area contributed by atoms with Gasteiger partial charge in [-0.05, 0) is 48.5 Å². The molecule has 0 bridgehead atoms. The van der Waals surface area contributed by atoms with Crippen LogP contribution in [0.15, 0.2) is 48.5 Å². The summed E-state index contributed by atoms with van der Waals surface area (Å²) in [5.41, 5.74) is 1.60. The zero-order chi connectivity index (χ0) is 16.7. The number of nitrogens with zero attached hydrogens (tertiary/aromatic N) is 1. The summed E-state index contributed by atoms with van der Waals surface area (Å²) in [6.45, 7) is 0.463. The minimum atomic E-state index is -0.354. The lowest BCUT2D eigenvalue weighted by Crippen LogP contribution is -2.21. The smallest absolute Gasteiger partial charge is 0.262 e. The highest BCUT2D eigenvalue weighted by molar-refractivity contribution is 5.92.